The molecule has 0 fully saturated rings. The van der Waals surface area contributed by atoms with Crippen molar-refractivity contribution in [3.63, 3.8) is 0 Å². The standard InChI is InChI=1S/C55H34N2O2/c1-4-12-35(13-5-1)41-30-40-23-26-42(32-47(40)46(31-41)36-14-6-2-7-15-36)57(44-27-29-52-49(34-44)45-18-10-11-19-51(45)58-52)43-25-22-37-20-21-38-24-28-50-54(53(38)48(37)33-43)59-55(56-50)39-16-8-3-9-17-39/h1-34H. The molecule has 10 aromatic carbocycles. The highest BCUT2D eigenvalue weighted by Crippen LogP contribution is 2.44. The van der Waals surface area contributed by atoms with Crippen LogP contribution in [0.4, 0.5) is 17.1 Å². The Morgan fingerprint density at radius 2 is 0.932 bits per heavy atom. The van der Waals surface area contributed by atoms with Crippen molar-refractivity contribution in [3.05, 3.63) is 206 Å². The summed E-state index contributed by atoms with van der Waals surface area (Å²) in [6.45, 7) is 0. The Hall–Kier alpha value is -7.95. The number of furan rings is 1. The number of oxazole rings is 1. The number of benzene rings is 10. The summed E-state index contributed by atoms with van der Waals surface area (Å²) >= 11 is 0. The van der Waals surface area contributed by atoms with Gasteiger partial charge in [0.25, 0.3) is 0 Å². The van der Waals surface area contributed by atoms with Gasteiger partial charge in [-0.1, -0.05) is 127 Å². The molecule has 0 unspecified atom stereocenters. The minimum absolute atomic E-state index is 0.615. The lowest BCUT2D eigenvalue weighted by Gasteiger charge is -2.27. The van der Waals surface area contributed by atoms with Crippen molar-refractivity contribution in [3.8, 4) is 33.7 Å². The largest absolute Gasteiger partial charge is 0.456 e. The van der Waals surface area contributed by atoms with Gasteiger partial charge in [-0.3, -0.25) is 0 Å². The lowest BCUT2D eigenvalue weighted by molar-refractivity contribution is 0.623. The summed E-state index contributed by atoms with van der Waals surface area (Å²) in [7, 11) is 0. The quantitative estimate of drug-likeness (QED) is 0.159. The first kappa shape index (κ1) is 33.2. The molecule has 12 aromatic rings. The topological polar surface area (TPSA) is 42.4 Å². The Bertz CT molecular complexity index is 3550. The van der Waals surface area contributed by atoms with E-state index >= 15 is 0 Å². The number of hydrogen-bond acceptors (Lipinski definition) is 4. The first-order valence-corrected chi connectivity index (χ1v) is 19.9. The van der Waals surface area contributed by atoms with Crippen molar-refractivity contribution in [1.29, 1.82) is 0 Å². The van der Waals surface area contributed by atoms with Crippen LogP contribution < -0.4 is 4.90 Å². The van der Waals surface area contributed by atoms with Crippen LogP contribution in [-0.2, 0) is 0 Å². The monoisotopic (exact) mass is 754 g/mol. The van der Waals surface area contributed by atoms with Gasteiger partial charge in [0.1, 0.15) is 16.7 Å². The highest BCUT2D eigenvalue weighted by atomic mass is 16.3. The third-order valence-corrected chi connectivity index (χ3v) is 11.6. The van der Waals surface area contributed by atoms with Gasteiger partial charge in [0.05, 0.1) is 0 Å². The maximum atomic E-state index is 6.64. The lowest BCUT2D eigenvalue weighted by Crippen LogP contribution is -2.10. The average molecular weight is 755 g/mol. The number of hydrogen-bond donors (Lipinski definition) is 0. The van der Waals surface area contributed by atoms with Gasteiger partial charge in [0.15, 0.2) is 5.58 Å². The summed E-state index contributed by atoms with van der Waals surface area (Å²) in [6, 6.07) is 73.1. The molecule has 0 atom stereocenters. The van der Waals surface area contributed by atoms with Crippen molar-refractivity contribution in [1.82, 2.24) is 4.98 Å². The molecule has 0 aliphatic rings. The van der Waals surface area contributed by atoms with E-state index in [2.05, 4.69) is 169 Å². The zero-order valence-corrected chi connectivity index (χ0v) is 31.8. The van der Waals surface area contributed by atoms with Gasteiger partial charge in [-0.15, -0.1) is 0 Å². The van der Waals surface area contributed by atoms with Crippen molar-refractivity contribution >= 4 is 82.4 Å². The second-order valence-electron chi connectivity index (χ2n) is 15.1. The number of aromatic nitrogens is 1. The van der Waals surface area contributed by atoms with Gasteiger partial charge in [0.2, 0.25) is 5.89 Å². The normalized spacial score (nSPS) is 11.7. The fourth-order valence-corrected chi connectivity index (χ4v) is 8.79. The minimum Gasteiger partial charge on any atom is -0.456 e. The predicted molar refractivity (Wildman–Crippen MR) is 245 cm³/mol. The van der Waals surface area contributed by atoms with Gasteiger partial charge >= 0.3 is 0 Å². The molecule has 0 aliphatic heterocycles. The van der Waals surface area contributed by atoms with Crippen LogP contribution in [0.15, 0.2) is 215 Å². The Morgan fingerprint density at radius 1 is 0.356 bits per heavy atom. The lowest BCUT2D eigenvalue weighted by atomic mass is 9.92. The van der Waals surface area contributed by atoms with E-state index in [0.29, 0.717) is 5.89 Å². The van der Waals surface area contributed by atoms with E-state index in [0.717, 1.165) is 77.2 Å². The molecule has 0 bridgehead atoms. The highest BCUT2D eigenvalue weighted by Gasteiger charge is 2.20. The third-order valence-electron chi connectivity index (χ3n) is 11.6. The molecular weight excluding hydrogens is 721 g/mol. The number of nitrogens with zero attached hydrogens (tertiary/aromatic N) is 2. The summed E-state index contributed by atoms with van der Waals surface area (Å²) in [6.07, 6.45) is 0. The average Bonchev–Trinajstić information content (AvgIpc) is 3.91. The van der Waals surface area contributed by atoms with Crippen molar-refractivity contribution in [2.24, 2.45) is 0 Å². The van der Waals surface area contributed by atoms with E-state index in [9.17, 15) is 0 Å². The van der Waals surface area contributed by atoms with E-state index in [-0.39, 0.29) is 0 Å². The van der Waals surface area contributed by atoms with Crippen molar-refractivity contribution in [2.45, 2.75) is 0 Å². The van der Waals surface area contributed by atoms with Crippen LogP contribution in [-0.4, -0.2) is 4.98 Å². The van der Waals surface area contributed by atoms with E-state index in [1.54, 1.807) is 0 Å². The molecule has 2 aromatic heterocycles. The summed E-state index contributed by atoms with van der Waals surface area (Å²) in [4.78, 5) is 7.31. The maximum Gasteiger partial charge on any atom is 0.227 e. The molecule has 0 radical (unpaired) electrons. The van der Waals surface area contributed by atoms with Gasteiger partial charge in [0, 0.05) is 38.8 Å². The molecule has 4 nitrogen and oxygen atoms in total. The van der Waals surface area contributed by atoms with E-state index in [4.69, 9.17) is 13.8 Å². The van der Waals surface area contributed by atoms with Crippen molar-refractivity contribution < 1.29 is 8.83 Å². The van der Waals surface area contributed by atoms with Gasteiger partial charge in [-0.05, 0) is 128 Å². The van der Waals surface area contributed by atoms with Crippen LogP contribution in [0.1, 0.15) is 0 Å². The molecule has 0 saturated heterocycles. The molecule has 276 valence electrons. The van der Waals surface area contributed by atoms with E-state index in [1.807, 2.05) is 42.5 Å². The summed E-state index contributed by atoms with van der Waals surface area (Å²) in [5.41, 5.74) is 12.2. The molecule has 0 N–H and O–H groups in total. The first-order valence-electron chi connectivity index (χ1n) is 19.9. The van der Waals surface area contributed by atoms with Gasteiger partial charge in [-0.25, -0.2) is 4.98 Å². The molecule has 0 spiro atoms. The van der Waals surface area contributed by atoms with E-state index in [1.165, 1.54) is 33.0 Å². The van der Waals surface area contributed by atoms with Crippen LogP contribution >= 0.6 is 0 Å². The molecule has 0 aliphatic carbocycles. The minimum atomic E-state index is 0.615. The number of fused-ring (bicyclic) bond motifs is 9. The molecule has 59 heavy (non-hydrogen) atoms. The Morgan fingerprint density at radius 3 is 1.71 bits per heavy atom. The maximum absolute atomic E-state index is 6.64. The molecule has 0 amide bonds. The zero-order chi connectivity index (χ0) is 38.9. The molecule has 4 heteroatoms. The van der Waals surface area contributed by atoms with Gasteiger partial charge in [-0.2, -0.15) is 0 Å². The fraction of sp³-hybridized carbons (Fsp3) is 0. The number of para-hydroxylation sites is 1. The second kappa shape index (κ2) is 13.3. The molecule has 2 heterocycles. The number of rotatable bonds is 6. The zero-order valence-electron chi connectivity index (χ0n) is 31.8. The molecule has 12 rings (SSSR count). The van der Waals surface area contributed by atoms with E-state index < -0.39 is 0 Å². The second-order valence-corrected chi connectivity index (χ2v) is 15.1. The summed E-state index contributed by atoms with van der Waals surface area (Å²) in [5.74, 6) is 0.615. The Kier molecular flexibility index (Phi) is 7.50. The first-order chi connectivity index (χ1) is 29.2. The fourth-order valence-electron chi connectivity index (χ4n) is 8.79. The van der Waals surface area contributed by atoms with Gasteiger partial charge < -0.3 is 13.7 Å². The summed E-state index contributed by atoms with van der Waals surface area (Å²) < 4.78 is 12.9. The number of anilines is 3. The highest BCUT2D eigenvalue weighted by molar-refractivity contribution is 6.19. The Labute approximate surface area is 339 Å². The molecular formula is C55H34N2O2. The van der Waals surface area contributed by atoms with Crippen molar-refractivity contribution in [2.75, 3.05) is 4.90 Å². The van der Waals surface area contributed by atoms with Crippen LogP contribution in [0.3, 0.4) is 0 Å². The predicted octanol–water partition coefficient (Wildman–Crippen LogP) is 15.7. The SMILES string of the molecule is c1ccc(-c2cc(-c3ccccc3)c3cc(N(c4ccc5oc6ccccc6c5c4)c4ccc5ccc6ccc7nc(-c8ccccc8)oc7c6c5c4)ccc3c2)cc1. The molecule has 0 saturated carbocycles. The van der Waals surface area contributed by atoms with Crippen LogP contribution in [0.5, 0.6) is 0 Å². The van der Waals surface area contributed by atoms with Crippen LogP contribution in [0.2, 0.25) is 0 Å². The smallest absolute Gasteiger partial charge is 0.227 e. The van der Waals surface area contributed by atoms with Crippen LogP contribution in [0.25, 0.3) is 99.1 Å². The van der Waals surface area contributed by atoms with Crippen LogP contribution in [0, 0.1) is 0 Å². The summed E-state index contributed by atoms with van der Waals surface area (Å²) in [5, 5.41) is 8.89. The Balaban J connectivity index is 1.11. The third kappa shape index (κ3) is 5.57.